The molecule has 0 aliphatic heterocycles. The molecule has 2 unspecified atom stereocenters. The highest BCUT2D eigenvalue weighted by molar-refractivity contribution is 9.10. The van der Waals surface area contributed by atoms with E-state index in [9.17, 15) is 0 Å². The Morgan fingerprint density at radius 1 is 1.29 bits per heavy atom. The lowest BCUT2D eigenvalue weighted by Crippen LogP contribution is -2.11. The van der Waals surface area contributed by atoms with Gasteiger partial charge in [-0.25, -0.2) is 4.98 Å². The molecule has 1 aliphatic rings. The summed E-state index contributed by atoms with van der Waals surface area (Å²) in [5.74, 6) is 1.21. The van der Waals surface area contributed by atoms with Crippen LogP contribution in [0.15, 0.2) is 16.7 Å². The molecule has 3 rings (SSSR count). The number of rotatable bonds is 0. The van der Waals surface area contributed by atoms with Crippen LogP contribution in [0.5, 0.6) is 0 Å². The average Bonchev–Trinajstić information content (AvgIpc) is 2.64. The fraction of sp³-hybridized carbons (Fsp3) is 0.500. The Kier molecular flexibility index (Phi) is 2.54. The standard InChI is InChI=1S/C14H17BrN2/c1-8-4-5-9(2)14-13(8)16-12-6-10(3)11(15)7-17(12)14/h6-9H,4-5H2,1-3H3. The number of fused-ring (bicyclic) bond motifs is 3. The van der Waals surface area contributed by atoms with Gasteiger partial charge in [-0.3, -0.25) is 0 Å². The molecule has 17 heavy (non-hydrogen) atoms. The summed E-state index contributed by atoms with van der Waals surface area (Å²) in [6, 6.07) is 2.17. The highest BCUT2D eigenvalue weighted by Crippen LogP contribution is 2.38. The molecule has 2 heterocycles. The van der Waals surface area contributed by atoms with Gasteiger partial charge in [0, 0.05) is 22.3 Å². The van der Waals surface area contributed by atoms with Crippen LogP contribution in [0.4, 0.5) is 0 Å². The van der Waals surface area contributed by atoms with Crippen LogP contribution < -0.4 is 0 Å². The van der Waals surface area contributed by atoms with E-state index in [-0.39, 0.29) is 0 Å². The lowest BCUT2D eigenvalue weighted by Gasteiger charge is -2.23. The topological polar surface area (TPSA) is 17.3 Å². The smallest absolute Gasteiger partial charge is 0.137 e. The molecular weight excluding hydrogens is 276 g/mol. The second-order valence-corrected chi connectivity index (χ2v) is 6.15. The Balaban J connectivity index is 2.34. The molecule has 0 aromatic carbocycles. The first-order valence-electron chi connectivity index (χ1n) is 6.26. The Bertz CT molecular complexity index is 585. The first-order chi connectivity index (χ1) is 8.08. The SMILES string of the molecule is Cc1cc2nc3c(n2cc1Br)C(C)CCC3C. The number of halogens is 1. The van der Waals surface area contributed by atoms with Crippen molar-refractivity contribution in [3.8, 4) is 0 Å². The normalized spacial score (nSPS) is 24.0. The highest BCUT2D eigenvalue weighted by Gasteiger charge is 2.27. The maximum atomic E-state index is 4.83. The molecule has 0 saturated heterocycles. The molecule has 2 aromatic heterocycles. The third kappa shape index (κ3) is 1.63. The molecule has 0 bridgehead atoms. The lowest BCUT2D eigenvalue weighted by atomic mass is 9.85. The van der Waals surface area contributed by atoms with Crippen molar-refractivity contribution in [3.05, 3.63) is 33.7 Å². The van der Waals surface area contributed by atoms with Gasteiger partial charge in [0.2, 0.25) is 0 Å². The number of aryl methyl sites for hydroxylation is 1. The minimum atomic E-state index is 0.597. The Morgan fingerprint density at radius 3 is 2.76 bits per heavy atom. The Morgan fingerprint density at radius 2 is 2.00 bits per heavy atom. The summed E-state index contributed by atoms with van der Waals surface area (Å²) in [7, 11) is 0. The monoisotopic (exact) mass is 292 g/mol. The average molecular weight is 293 g/mol. The van der Waals surface area contributed by atoms with Crippen LogP contribution in [0, 0.1) is 6.92 Å². The quantitative estimate of drug-likeness (QED) is 0.703. The maximum Gasteiger partial charge on any atom is 0.137 e. The van der Waals surface area contributed by atoms with Crippen LogP contribution in [0.1, 0.15) is 55.5 Å². The summed E-state index contributed by atoms with van der Waals surface area (Å²) < 4.78 is 3.43. The zero-order valence-corrected chi connectivity index (χ0v) is 12.1. The van der Waals surface area contributed by atoms with Crippen molar-refractivity contribution in [2.45, 2.75) is 45.4 Å². The van der Waals surface area contributed by atoms with Gasteiger partial charge in [0.05, 0.1) is 5.69 Å². The van der Waals surface area contributed by atoms with Crippen molar-refractivity contribution in [3.63, 3.8) is 0 Å². The van der Waals surface area contributed by atoms with Crippen molar-refractivity contribution in [1.82, 2.24) is 9.38 Å². The van der Waals surface area contributed by atoms with Crippen LogP contribution in [0.2, 0.25) is 0 Å². The molecule has 1 aliphatic carbocycles. The summed E-state index contributed by atoms with van der Waals surface area (Å²) >= 11 is 3.62. The second kappa shape index (κ2) is 3.84. The molecule has 2 aromatic rings. The van der Waals surface area contributed by atoms with Crippen molar-refractivity contribution in [2.24, 2.45) is 0 Å². The van der Waals surface area contributed by atoms with Gasteiger partial charge in [-0.05, 0) is 53.2 Å². The Hall–Kier alpha value is -0.830. The minimum absolute atomic E-state index is 0.597. The number of nitrogens with zero attached hydrogens (tertiary/aromatic N) is 2. The van der Waals surface area contributed by atoms with Gasteiger partial charge in [0.15, 0.2) is 0 Å². The third-order valence-corrected chi connectivity index (χ3v) is 4.76. The van der Waals surface area contributed by atoms with Crippen LogP contribution in [-0.2, 0) is 0 Å². The van der Waals surface area contributed by atoms with Gasteiger partial charge >= 0.3 is 0 Å². The molecule has 90 valence electrons. The maximum absolute atomic E-state index is 4.83. The summed E-state index contributed by atoms with van der Waals surface area (Å²) in [6.45, 7) is 6.72. The molecular formula is C14H17BrN2. The zero-order valence-electron chi connectivity index (χ0n) is 10.5. The molecule has 0 N–H and O–H groups in total. The van der Waals surface area contributed by atoms with E-state index in [1.807, 2.05) is 0 Å². The molecule has 0 saturated carbocycles. The van der Waals surface area contributed by atoms with Gasteiger partial charge in [0.1, 0.15) is 5.65 Å². The molecule has 3 heteroatoms. The van der Waals surface area contributed by atoms with E-state index in [4.69, 9.17) is 4.98 Å². The van der Waals surface area contributed by atoms with E-state index >= 15 is 0 Å². The van der Waals surface area contributed by atoms with E-state index in [0.717, 1.165) is 10.1 Å². The van der Waals surface area contributed by atoms with Gasteiger partial charge < -0.3 is 4.40 Å². The van der Waals surface area contributed by atoms with Gasteiger partial charge in [0.25, 0.3) is 0 Å². The van der Waals surface area contributed by atoms with Crippen LogP contribution in [0.25, 0.3) is 5.65 Å². The molecule has 0 fully saturated rings. The van der Waals surface area contributed by atoms with E-state index in [2.05, 4.69) is 53.4 Å². The predicted molar refractivity (Wildman–Crippen MR) is 73.7 cm³/mol. The number of hydrogen-bond donors (Lipinski definition) is 0. The van der Waals surface area contributed by atoms with E-state index in [1.165, 1.54) is 29.8 Å². The van der Waals surface area contributed by atoms with Gasteiger partial charge in [-0.1, -0.05) is 13.8 Å². The molecule has 2 nitrogen and oxygen atoms in total. The highest BCUT2D eigenvalue weighted by atomic mass is 79.9. The zero-order chi connectivity index (χ0) is 12.2. The fourth-order valence-corrected chi connectivity index (χ4v) is 3.14. The second-order valence-electron chi connectivity index (χ2n) is 5.29. The number of hydrogen-bond acceptors (Lipinski definition) is 1. The third-order valence-electron chi connectivity index (χ3n) is 3.93. The molecule has 0 radical (unpaired) electrons. The molecule has 0 spiro atoms. The van der Waals surface area contributed by atoms with E-state index < -0.39 is 0 Å². The summed E-state index contributed by atoms with van der Waals surface area (Å²) in [5.41, 5.74) is 5.07. The summed E-state index contributed by atoms with van der Waals surface area (Å²) in [6.07, 6.45) is 4.71. The fourth-order valence-electron chi connectivity index (χ4n) is 2.82. The Labute approximate surface area is 110 Å². The van der Waals surface area contributed by atoms with Gasteiger partial charge in [-0.15, -0.1) is 0 Å². The van der Waals surface area contributed by atoms with Gasteiger partial charge in [-0.2, -0.15) is 0 Å². The van der Waals surface area contributed by atoms with Crippen LogP contribution in [0.3, 0.4) is 0 Å². The minimum Gasteiger partial charge on any atom is -0.302 e. The molecule has 0 amide bonds. The van der Waals surface area contributed by atoms with Crippen LogP contribution in [-0.4, -0.2) is 9.38 Å². The van der Waals surface area contributed by atoms with Crippen LogP contribution >= 0.6 is 15.9 Å². The van der Waals surface area contributed by atoms with E-state index in [0.29, 0.717) is 11.8 Å². The number of imidazole rings is 1. The predicted octanol–water partition coefficient (Wildman–Crippen LogP) is 4.41. The largest absolute Gasteiger partial charge is 0.302 e. The summed E-state index contributed by atoms with van der Waals surface area (Å²) in [4.78, 5) is 4.83. The lowest BCUT2D eigenvalue weighted by molar-refractivity contribution is 0.508. The van der Waals surface area contributed by atoms with Crippen molar-refractivity contribution in [2.75, 3.05) is 0 Å². The summed E-state index contributed by atoms with van der Waals surface area (Å²) in [5, 5.41) is 0. The first-order valence-corrected chi connectivity index (χ1v) is 7.05. The number of pyridine rings is 1. The first kappa shape index (κ1) is 11.3. The number of aromatic nitrogens is 2. The molecule has 2 atom stereocenters. The van der Waals surface area contributed by atoms with Crippen molar-refractivity contribution in [1.29, 1.82) is 0 Å². The van der Waals surface area contributed by atoms with Crippen molar-refractivity contribution >= 4 is 21.6 Å². The van der Waals surface area contributed by atoms with E-state index in [1.54, 1.807) is 0 Å². The van der Waals surface area contributed by atoms with Crippen molar-refractivity contribution < 1.29 is 0 Å².